The van der Waals surface area contributed by atoms with Crippen LogP contribution in [0.4, 0.5) is 5.69 Å². The zero-order valence-electron chi connectivity index (χ0n) is 7.07. The number of hydrogen-bond donors (Lipinski definition) is 2. The van der Waals surface area contributed by atoms with Gasteiger partial charge in [0.05, 0.1) is 5.56 Å². The number of nitriles is 1. The Bertz CT molecular complexity index is 364. The first-order valence-corrected chi connectivity index (χ1v) is 4.48. The van der Waals surface area contributed by atoms with Gasteiger partial charge in [-0.25, -0.2) is 0 Å². The summed E-state index contributed by atoms with van der Waals surface area (Å²) in [7, 11) is 0. The smallest absolute Gasteiger partial charge is 0.101 e. The van der Waals surface area contributed by atoms with Gasteiger partial charge in [-0.15, -0.1) is 0 Å². The van der Waals surface area contributed by atoms with Crippen LogP contribution in [0.3, 0.4) is 0 Å². The largest absolute Gasteiger partial charge is 0.398 e. The Morgan fingerprint density at radius 2 is 2.31 bits per heavy atom. The van der Waals surface area contributed by atoms with Gasteiger partial charge < -0.3 is 5.73 Å². The summed E-state index contributed by atoms with van der Waals surface area (Å²) in [4.78, 5) is 0. The predicted molar refractivity (Wildman–Crippen MR) is 58.5 cm³/mol. The molecule has 0 aromatic heterocycles. The molecule has 0 spiro atoms. The quantitative estimate of drug-likeness (QED) is 0.554. The summed E-state index contributed by atoms with van der Waals surface area (Å²) in [5.74, 6) is 0.687. The van der Waals surface area contributed by atoms with Crippen molar-refractivity contribution in [2.75, 3.05) is 11.5 Å². The second-order valence-electron chi connectivity index (χ2n) is 2.54. The van der Waals surface area contributed by atoms with Crippen molar-refractivity contribution in [2.24, 2.45) is 0 Å². The molecule has 66 valence electrons. The third kappa shape index (κ3) is 2.53. The monoisotopic (exact) mass is 190 g/mol. The highest BCUT2D eigenvalue weighted by atomic mass is 32.1. The number of nitrogens with two attached hydrogens (primary N) is 1. The topological polar surface area (TPSA) is 49.8 Å². The second-order valence-corrected chi connectivity index (χ2v) is 2.91. The highest BCUT2D eigenvalue weighted by Crippen LogP contribution is 2.13. The lowest BCUT2D eigenvalue weighted by atomic mass is 10.1. The third-order valence-corrected chi connectivity index (χ3v) is 1.82. The second kappa shape index (κ2) is 4.58. The molecule has 1 aromatic carbocycles. The maximum atomic E-state index is 8.70. The zero-order valence-corrected chi connectivity index (χ0v) is 7.96. The summed E-state index contributed by atoms with van der Waals surface area (Å²) >= 11 is 4.04. The minimum absolute atomic E-state index is 0.515. The van der Waals surface area contributed by atoms with Gasteiger partial charge >= 0.3 is 0 Å². The molecule has 0 fully saturated rings. The van der Waals surface area contributed by atoms with Crippen molar-refractivity contribution < 1.29 is 0 Å². The molecule has 2 N–H and O–H groups in total. The predicted octanol–water partition coefficient (Wildman–Crippen LogP) is 2.08. The molecule has 0 aliphatic carbocycles. The summed E-state index contributed by atoms with van der Waals surface area (Å²) in [6, 6.07) is 7.40. The van der Waals surface area contributed by atoms with Crippen LogP contribution in [0.2, 0.25) is 0 Å². The van der Waals surface area contributed by atoms with Crippen LogP contribution in [-0.2, 0) is 0 Å². The Kier molecular flexibility index (Phi) is 3.41. The summed E-state index contributed by atoms with van der Waals surface area (Å²) in [6.07, 6.45) is 3.82. The molecular weight excluding hydrogens is 180 g/mol. The van der Waals surface area contributed by atoms with Gasteiger partial charge in [0, 0.05) is 11.4 Å². The molecule has 0 radical (unpaired) electrons. The lowest BCUT2D eigenvalue weighted by molar-refractivity contribution is 1.48. The van der Waals surface area contributed by atoms with E-state index in [0.29, 0.717) is 17.0 Å². The molecule has 2 nitrogen and oxygen atoms in total. The fraction of sp³-hybridized carbons (Fsp3) is 0.100. The summed E-state index contributed by atoms with van der Waals surface area (Å²) in [5.41, 5.74) is 7.57. The van der Waals surface area contributed by atoms with Crippen molar-refractivity contribution in [3.8, 4) is 6.07 Å². The Labute approximate surface area is 83.1 Å². The SMILES string of the molecule is N#Cc1cc(C=CCS)ccc1N. The van der Waals surface area contributed by atoms with Gasteiger partial charge in [-0.3, -0.25) is 0 Å². The molecule has 1 rings (SSSR count). The molecule has 0 saturated carbocycles. The van der Waals surface area contributed by atoms with E-state index < -0.39 is 0 Å². The van der Waals surface area contributed by atoms with Crippen molar-refractivity contribution >= 4 is 24.4 Å². The molecule has 0 aliphatic heterocycles. The summed E-state index contributed by atoms with van der Waals surface area (Å²) < 4.78 is 0. The first-order valence-electron chi connectivity index (χ1n) is 3.85. The van der Waals surface area contributed by atoms with Crippen LogP contribution in [0.1, 0.15) is 11.1 Å². The zero-order chi connectivity index (χ0) is 9.68. The van der Waals surface area contributed by atoms with Gasteiger partial charge in [0.25, 0.3) is 0 Å². The van der Waals surface area contributed by atoms with E-state index in [4.69, 9.17) is 11.0 Å². The van der Waals surface area contributed by atoms with Crippen molar-refractivity contribution in [2.45, 2.75) is 0 Å². The maximum absolute atomic E-state index is 8.70. The highest BCUT2D eigenvalue weighted by Gasteiger charge is 1.96. The Balaban J connectivity index is 3.01. The minimum Gasteiger partial charge on any atom is -0.398 e. The number of nitrogen functional groups attached to an aromatic ring is 1. The fourth-order valence-electron chi connectivity index (χ4n) is 0.963. The number of nitrogens with zero attached hydrogens (tertiary/aromatic N) is 1. The molecule has 0 amide bonds. The molecule has 0 bridgehead atoms. The van der Waals surface area contributed by atoms with Crippen LogP contribution in [0, 0.1) is 11.3 Å². The average Bonchev–Trinajstić information content (AvgIpc) is 2.16. The molecule has 0 saturated heterocycles. The number of anilines is 1. The lowest BCUT2D eigenvalue weighted by Gasteiger charge is -1.98. The minimum atomic E-state index is 0.515. The first-order chi connectivity index (χ1) is 6.27. The number of thiol groups is 1. The van der Waals surface area contributed by atoms with Gasteiger partial charge in [0.1, 0.15) is 6.07 Å². The van der Waals surface area contributed by atoms with E-state index in [2.05, 4.69) is 12.6 Å². The molecule has 1 aromatic rings. The van der Waals surface area contributed by atoms with E-state index in [1.165, 1.54) is 0 Å². The molecule has 0 unspecified atom stereocenters. The number of benzene rings is 1. The number of rotatable bonds is 2. The first kappa shape index (κ1) is 9.69. The average molecular weight is 190 g/mol. The van der Waals surface area contributed by atoms with Crippen LogP contribution in [0.15, 0.2) is 24.3 Å². The van der Waals surface area contributed by atoms with E-state index >= 15 is 0 Å². The van der Waals surface area contributed by atoms with E-state index in [1.807, 2.05) is 24.3 Å². The molecule has 0 atom stereocenters. The van der Waals surface area contributed by atoms with Crippen LogP contribution in [0.5, 0.6) is 0 Å². The van der Waals surface area contributed by atoms with Crippen molar-refractivity contribution in [3.05, 3.63) is 35.4 Å². The molecular formula is C10H10N2S. The Hall–Kier alpha value is -1.40. The molecule has 0 aliphatic rings. The van der Waals surface area contributed by atoms with E-state index in [9.17, 15) is 0 Å². The summed E-state index contributed by atoms with van der Waals surface area (Å²) in [6.45, 7) is 0. The third-order valence-electron chi connectivity index (χ3n) is 1.61. The van der Waals surface area contributed by atoms with Crippen molar-refractivity contribution in [1.82, 2.24) is 0 Å². The standard InChI is InChI=1S/C10H10N2S/c11-7-9-6-8(2-1-5-13)3-4-10(9)12/h1-4,6,13H,5,12H2. The van der Waals surface area contributed by atoms with E-state index in [-0.39, 0.29) is 0 Å². The Morgan fingerprint density at radius 3 is 2.92 bits per heavy atom. The van der Waals surface area contributed by atoms with Crippen LogP contribution in [-0.4, -0.2) is 5.75 Å². The fourth-order valence-corrected chi connectivity index (χ4v) is 1.07. The van der Waals surface area contributed by atoms with Gasteiger partial charge in [-0.05, 0) is 17.7 Å². The van der Waals surface area contributed by atoms with Gasteiger partial charge in [-0.2, -0.15) is 17.9 Å². The highest BCUT2D eigenvalue weighted by molar-refractivity contribution is 7.80. The van der Waals surface area contributed by atoms with E-state index in [1.54, 1.807) is 12.1 Å². The molecule has 3 heteroatoms. The van der Waals surface area contributed by atoms with Crippen LogP contribution in [0.25, 0.3) is 6.08 Å². The van der Waals surface area contributed by atoms with E-state index in [0.717, 1.165) is 5.56 Å². The van der Waals surface area contributed by atoms with Crippen molar-refractivity contribution in [1.29, 1.82) is 5.26 Å². The van der Waals surface area contributed by atoms with Crippen LogP contribution < -0.4 is 5.73 Å². The van der Waals surface area contributed by atoms with Gasteiger partial charge in [0.15, 0.2) is 0 Å². The molecule has 13 heavy (non-hydrogen) atoms. The Morgan fingerprint density at radius 1 is 1.54 bits per heavy atom. The lowest BCUT2D eigenvalue weighted by Crippen LogP contribution is -1.89. The molecule has 0 heterocycles. The van der Waals surface area contributed by atoms with Crippen LogP contribution >= 0.6 is 12.6 Å². The van der Waals surface area contributed by atoms with Gasteiger partial charge in [-0.1, -0.05) is 18.2 Å². The van der Waals surface area contributed by atoms with Crippen molar-refractivity contribution in [3.63, 3.8) is 0 Å². The number of hydrogen-bond acceptors (Lipinski definition) is 3. The normalized spacial score (nSPS) is 10.2. The summed E-state index contributed by atoms with van der Waals surface area (Å²) in [5, 5.41) is 8.70. The maximum Gasteiger partial charge on any atom is 0.101 e. The van der Waals surface area contributed by atoms with Gasteiger partial charge in [0.2, 0.25) is 0 Å².